The SMILES string of the molecule is O=C1CCc2cc(c(O)c(OC3CCCC3)c2)Cc2ccc([C@H](CO)CCc3ccccc3)c(c2)Cc2cc[nH]c2[N-]CC2=Cc3[n-]ccc3[C@H](C[C@@H]3C=Cc4c(O)cccc4CC3)[C@@H]2C(=O)[C@H]1CCO. The molecule has 6 aromatic rings. The third-order valence-corrected chi connectivity index (χ3v) is 15.8. The molecule has 0 unspecified atom stereocenters. The number of Topliss-reactive ketones (excluding diaryl/α,β-unsaturated/α-hetero) is 2. The van der Waals surface area contributed by atoms with E-state index in [1.165, 1.54) is 5.56 Å². The molecular weight excluding hydrogens is 887 g/mol. The van der Waals surface area contributed by atoms with Crippen LogP contribution in [0.3, 0.4) is 0 Å². The second-order valence-electron chi connectivity index (χ2n) is 20.4. The number of aromatic amines is 1. The number of aromatic nitrogens is 2. The molecule has 4 aliphatic rings. The number of hydrogen-bond donors (Lipinski definition) is 5. The van der Waals surface area contributed by atoms with Crippen molar-refractivity contribution in [2.24, 2.45) is 17.8 Å². The van der Waals surface area contributed by atoms with Crippen LogP contribution in [-0.2, 0) is 41.7 Å². The summed E-state index contributed by atoms with van der Waals surface area (Å²) in [5.41, 5.74) is 11.2. The first-order valence-corrected chi connectivity index (χ1v) is 25.8. The topological polar surface area (TPSA) is 168 Å². The van der Waals surface area contributed by atoms with E-state index in [1.807, 2.05) is 66.9 Å². The van der Waals surface area contributed by atoms with Gasteiger partial charge in [0.1, 0.15) is 11.5 Å². The molecule has 1 fully saturated rings. The molecule has 0 saturated heterocycles. The average Bonchev–Trinajstić information content (AvgIpc) is 4.16. The Hall–Kier alpha value is -6.62. The number of rotatable bonds is 11. The van der Waals surface area contributed by atoms with Crippen LogP contribution < -0.4 is 9.72 Å². The number of aromatic hydroxyl groups is 2. The molecule has 5 atom stereocenters. The van der Waals surface area contributed by atoms with Gasteiger partial charge in [-0.3, -0.25) is 9.59 Å². The summed E-state index contributed by atoms with van der Waals surface area (Å²) in [5.74, 6) is -1.17. The summed E-state index contributed by atoms with van der Waals surface area (Å²) in [5, 5.41) is 49.5. The number of fused-ring (bicyclic) bond motifs is 8. The largest absolute Gasteiger partial charge is 0.664 e. The lowest BCUT2D eigenvalue weighted by Crippen LogP contribution is -2.37. The van der Waals surface area contributed by atoms with Gasteiger partial charge in [-0.05, 0) is 147 Å². The fraction of sp³-hybridized carbons (Fsp3) is 0.377. The summed E-state index contributed by atoms with van der Waals surface area (Å²) in [6, 6.07) is 30.3. The van der Waals surface area contributed by atoms with Crippen LogP contribution in [0.5, 0.6) is 17.2 Å². The Balaban J connectivity index is 1.05. The van der Waals surface area contributed by atoms with Crippen molar-refractivity contribution in [2.45, 2.75) is 108 Å². The lowest BCUT2D eigenvalue weighted by Gasteiger charge is -2.38. The predicted octanol–water partition coefficient (Wildman–Crippen LogP) is 11.1. The maximum absolute atomic E-state index is 15.6. The minimum atomic E-state index is -1.05. The van der Waals surface area contributed by atoms with Crippen molar-refractivity contribution in [3.63, 3.8) is 0 Å². The number of benzene rings is 4. The first-order chi connectivity index (χ1) is 34.7. The predicted molar refractivity (Wildman–Crippen MR) is 277 cm³/mol. The number of phenolic OH excluding ortho intramolecular Hbond substituents is 2. The van der Waals surface area contributed by atoms with Crippen LogP contribution in [-0.4, -0.2) is 62.8 Å². The molecule has 4 aromatic carbocycles. The molecule has 0 spiro atoms. The van der Waals surface area contributed by atoms with Gasteiger partial charge in [0.05, 0.1) is 12.0 Å². The van der Waals surface area contributed by atoms with Gasteiger partial charge in [0.25, 0.3) is 0 Å². The second kappa shape index (κ2) is 21.8. The Morgan fingerprint density at radius 3 is 2.48 bits per heavy atom. The number of aliphatic hydroxyl groups is 2. The number of nitrogens with one attached hydrogen (secondary N) is 1. The van der Waals surface area contributed by atoms with E-state index in [0.29, 0.717) is 42.8 Å². The van der Waals surface area contributed by atoms with Gasteiger partial charge in [0.15, 0.2) is 17.3 Å². The zero-order chi connectivity index (χ0) is 48.8. The van der Waals surface area contributed by atoms with Gasteiger partial charge in [-0.1, -0.05) is 120 Å². The molecule has 3 aliphatic carbocycles. The number of hydrogen-bond acceptors (Lipinski definition) is 7. The molecule has 0 amide bonds. The van der Waals surface area contributed by atoms with E-state index >= 15 is 4.79 Å². The highest BCUT2D eigenvalue weighted by Crippen LogP contribution is 2.47. The van der Waals surface area contributed by atoms with Crippen LogP contribution in [0.1, 0.15) is 131 Å². The molecule has 10 heteroatoms. The number of phenols is 2. The molecule has 0 radical (unpaired) electrons. The molecule has 1 aliphatic heterocycles. The fourth-order valence-electron chi connectivity index (χ4n) is 11.9. The van der Waals surface area contributed by atoms with Crippen LogP contribution >= 0.6 is 0 Å². The van der Waals surface area contributed by atoms with Crippen LogP contribution in [0, 0.1) is 17.8 Å². The lowest BCUT2D eigenvalue weighted by atomic mass is 9.67. The number of carbonyl (C=O) groups excluding carboxylic acids is 2. The molecule has 368 valence electrons. The summed E-state index contributed by atoms with van der Waals surface area (Å²) in [7, 11) is 0. The van der Waals surface area contributed by atoms with Gasteiger partial charge in [-0.2, -0.15) is 6.20 Å². The summed E-state index contributed by atoms with van der Waals surface area (Å²) in [6.45, 7) is -0.152. The van der Waals surface area contributed by atoms with Crippen molar-refractivity contribution < 1.29 is 34.8 Å². The van der Waals surface area contributed by atoms with E-state index in [1.54, 1.807) is 12.3 Å². The zero-order valence-electron chi connectivity index (χ0n) is 40.4. The maximum Gasteiger partial charge on any atom is 0.161 e. The van der Waals surface area contributed by atoms with E-state index in [2.05, 4.69) is 47.5 Å². The Morgan fingerprint density at radius 1 is 0.803 bits per heavy atom. The number of aryl methyl sites for hydroxylation is 3. The van der Waals surface area contributed by atoms with E-state index in [9.17, 15) is 25.2 Å². The number of ether oxygens (including phenoxy) is 1. The maximum atomic E-state index is 15.6. The first-order valence-electron chi connectivity index (χ1n) is 25.8. The number of nitrogens with zero attached hydrogens (tertiary/aromatic N) is 2. The Labute approximate surface area is 416 Å². The van der Waals surface area contributed by atoms with Crippen LogP contribution in [0.25, 0.3) is 17.5 Å². The van der Waals surface area contributed by atoms with Crippen LogP contribution in [0.4, 0.5) is 5.82 Å². The third kappa shape index (κ3) is 10.7. The van der Waals surface area contributed by atoms with E-state index < -0.39 is 11.8 Å². The summed E-state index contributed by atoms with van der Waals surface area (Å²) in [4.78, 5) is 38.5. The van der Waals surface area contributed by atoms with Gasteiger partial charge in [0.2, 0.25) is 0 Å². The minimum Gasteiger partial charge on any atom is -0.664 e. The Morgan fingerprint density at radius 2 is 1.65 bits per heavy atom. The monoisotopic (exact) mass is 951 g/mol. The lowest BCUT2D eigenvalue weighted by molar-refractivity contribution is -0.135. The Kier molecular flexibility index (Phi) is 14.7. The average molecular weight is 952 g/mol. The van der Waals surface area contributed by atoms with E-state index in [4.69, 9.17) is 15.0 Å². The summed E-state index contributed by atoms with van der Waals surface area (Å²) < 4.78 is 6.53. The molecule has 1 saturated carbocycles. The molecular formula is C61H65N3O7-2. The van der Waals surface area contributed by atoms with E-state index in [0.717, 1.165) is 107 Å². The summed E-state index contributed by atoms with van der Waals surface area (Å²) >= 11 is 0. The van der Waals surface area contributed by atoms with Crippen LogP contribution in [0.15, 0.2) is 115 Å². The van der Waals surface area contributed by atoms with Gasteiger partial charge in [-0.25, -0.2) is 0 Å². The van der Waals surface area contributed by atoms with Crippen molar-refractivity contribution >= 4 is 29.5 Å². The Bertz CT molecular complexity index is 2900. The highest BCUT2D eigenvalue weighted by molar-refractivity contribution is 6.05. The summed E-state index contributed by atoms with van der Waals surface area (Å²) in [6.07, 6.45) is 18.9. The zero-order valence-corrected chi connectivity index (χ0v) is 40.4. The van der Waals surface area contributed by atoms with Gasteiger partial charge in [-0.15, -0.1) is 5.69 Å². The second-order valence-corrected chi connectivity index (χ2v) is 20.4. The number of aliphatic hydroxyl groups excluding tert-OH is 2. The fourth-order valence-corrected chi connectivity index (χ4v) is 11.9. The van der Waals surface area contributed by atoms with Crippen molar-refractivity contribution in [3.8, 4) is 17.2 Å². The first kappa shape index (κ1) is 48.0. The third-order valence-electron chi connectivity index (χ3n) is 15.8. The molecule has 71 heavy (non-hydrogen) atoms. The van der Waals surface area contributed by atoms with E-state index in [-0.39, 0.29) is 79.5 Å². The molecule has 10 rings (SSSR count). The number of ketones is 2. The van der Waals surface area contributed by atoms with Crippen molar-refractivity contribution in [1.29, 1.82) is 0 Å². The van der Waals surface area contributed by atoms with Crippen LogP contribution in [0.2, 0.25) is 0 Å². The number of carbonyl (C=O) groups is 2. The number of allylic oxidation sites excluding steroid dienone is 1. The molecule has 10 nitrogen and oxygen atoms in total. The molecule has 3 heterocycles. The minimum absolute atomic E-state index is 0.00507. The molecule has 2 aromatic heterocycles. The van der Waals surface area contributed by atoms with Crippen molar-refractivity contribution in [2.75, 3.05) is 19.8 Å². The quantitative estimate of drug-likeness (QED) is 0.0800. The molecule has 5 N–H and O–H groups in total. The normalized spacial score (nSPS) is 21.0. The smallest absolute Gasteiger partial charge is 0.161 e. The highest BCUT2D eigenvalue weighted by atomic mass is 16.5. The van der Waals surface area contributed by atoms with Gasteiger partial charge < -0.3 is 40.4 Å². The standard InChI is InChI=1S/C61H65N3O7/c65-28-25-52-56(68)22-17-41-31-46(59(69)57(33-41)71-48-10-4-5-11-48)30-40-16-20-49(44(37-66)19-13-38-7-2-1-3-8-38)45(29-40)34-43-23-26-63-61(43)64-36-47-35-54-51(24-27-62-54)53(58(47)60(52)70)32-39-14-18-42-9-6-12-55(67)50(42)21-15-39/h1-3,6-9,12,15-16,20-21,23-24,26-27,29,31,33,35,39,44,48,52-53,58,63,65-67,69H,4-5,10-11,13-14,17-19,22,25,28,30,32,34,36-37H2/q-2/t39-,44-,52-,53-,58+/m0/s1. The van der Waals surface area contributed by atoms with Gasteiger partial charge >= 0.3 is 0 Å². The van der Waals surface area contributed by atoms with Gasteiger partial charge in [0, 0.05) is 49.0 Å². The number of H-pyrrole nitrogens is 1. The highest BCUT2D eigenvalue weighted by Gasteiger charge is 2.41. The van der Waals surface area contributed by atoms with Crippen molar-refractivity contribution in [3.05, 3.63) is 182 Å². The van der Waals surface area contributed by atoms with Crippen molar-refractivity contribution in [1.82, 2.24) is 9.97 Å². The molecule has 4 bridgehead atoms.